The van der Waals surface area contributed by atoms with Crippen molar-refractivity contribution < 1.29 is 4.79 Å². The summed E-state index contributed by atoms with van der Waals surface area (Å²) in [5, 5.41) is 8.86. The molecular formula is C12H25N3O. The van der Waals surface area contributed by atoms with Crippen molar-refractivity contribution in [3.63, 3.8) is 0 Å². The lowest BCUT2D eigenvalue weighted by molar-refractivity contribution is -0.123. The predicted octanol–water partition coefficient (Wildman–Crippen LogP) is 1.21. The minimum atomic E-state index is -0.136. The number of allylic oxidation sites excluding steroid dienone is 1. The zero-order valence-corrected chi connectivity index (χ0v) is 11.1. The van der Waals surface area contributed by atoms with Crippen molar-refractivity contribution in [1.82, 2.24) is 16.0 Å². The van der Waals surface area contributed by atoms with Crippen LogP contribution in [0.1, 0.15) is 33.6 Å². The van der Waals surface area contributed by atoms with Gasteiger partial charge in [-0.15, -0.1) is 0 Å². The minimum absolute atomic E-state index is 0.0194. The van der Waals surface area contributed by atoms with Gasteiger partial charge in [-0.2, -0.15) is 0 Å². The van der Waals surface area contributed by atoms with Crippen LogP contribution in [-0.2, 0) is 4.79 Å². The number of amides is 1. The largest absolute Gasteiger partial charge is 0.375 e. The van der Waals surface area contributed by atoms with Crippen LogP contribution in [0.5, 0.6) is 0 Å². The van der Waals surface area contributed by atoms with Crippen molar-refractivity contribution in [1.29, 1.82) is 0 Å². The zero-order valence-electron chi connectivity index (χ0n) is 11.1. The van der Waals surface area contributed by atoms with E-state index in [0.29, 0.717) is 5.92 Å². The molecule has 0 aliphatic rings. The molecule has 4 nitrogen and oxygen atoms in total. The van der Waals surface area contributed by atoms with Crippen LogP contribution in [0.3, 0.4) is 0 Å². The molecule has 0 saturated heterocycles. The Balaban J connectivity index is 4.41. The summed E-state index contributed by atoms with van der Waals surface area (Å²) < 4.78 is 0. The highest BCUT2D eigenvalue weighted by molar-refractivity contribution is 5.83. The summed E-state index contributed by atoms with van der Waals surface area (Å²) in [6.07, 6.45) is 3.98. The summed E-state index contributed by atoms with van der Waals surface area (Å²) in [5.41, 5.74) is 0. The maximum absolute atomic E-state index is 12.0. The van der Waals surface area contributed by atoms with Gasteiger partial charge in [0.2, 0.25) is 5.91 Å². The Hall–Kier alpha value is -1.03. The predicted molar refractivity (Wildman–Crippen MR) is 67.9 cm³/mol. The first-order valence-electron chi connectivity index (χ1n) is 5.92. The molecule has 0 spiro atoms. The Morgan fingerprint density at radius 2 is 2.00 bits per heavy atom. The molecule has 0 heterocycles. The van der Waals surface area contributed by atoms with Crippen LogP contribution < -0.4 is 16.0 Å². The molecule has 2 atom stereocenters. The van der Waals surface area contributed by atoms with Gasteiger partial charge in [-0.1, -0.05) is 20.3 Å². The average Bonchev–Trinajstić information content (AvgIpc) is 2.27. The van der Waals surface area contributed by atoms with Gasteiger partial charge in [0.25, 0.3) is 0 Å². The van der Waals surface area contributed by atoms with Crippen LogP contribution in [-0.4, -0.2) is 26.0 Å². The molecule has 2 unspecified atom stereocenters. The highest BCUT2D eigenvalue weighted by Crippen LogP contribution is 2.10. The van der Waals surface area contributed by atoms with Crippen LogP contribution in [0.2, 0.25) is 0 Å². The molecule has 94 valence electrons. The maximum Gasteiger partial charge on any atom is 0.242 e. The van der Waals surface area contributed by atoms with Gasteiger partial charge >= 0.3 is 0 Å². The van der Waals surface area contributed by atoms with Crippen LogP contribution in [0.15, 0.2) is 11.9 Å². The number of carbonyl (C=O) groups excluding carboxylic acids is 1. The lowest BCUT2D eigenvalue weighted by Gasteiger charge is -2.23. The van der Waals surface area contributed by atoms with E-state index in [0.717, 1.165) is 18.7 Å². The second-order valence-corrected chi connectivity index (χ2v) is 3.97. The Bertz CT molecular complexity index is 238. The summed E-state index contributed by atoms with van der Waals surface area (Å²) >= 11 is 0. The van der Waals surface area contributed by atoms with E-state index in [1.807, 2.05) is 20.0 Å². The van der Waals surface area contributed by atoms with Crippen LogP contribution in [0.25, 0.3) is 0 Å². The topological polar surface area (TPSA) is 53.2 Å². The fraction of sp³-hybridized carbons (Fsp3) is 0.750. The molecule has 4 heteroatoms. The van der Waals surface area contributed by atoms with Crippen molar-refractivity contribution in [2.75, 3.05) is 14.1 Å². The molecule has 16 heavy (non-hydrogen) atoms. The SMILES string of the molecule is C/C=C(\NC)NC(=O)C(NC)C(C)CCC. The number of likely N-dealkylation sites (N-methyl/N-ethyl adjacent to an activating group) is 1. The van der Waals surface area contributed by atoms with E-state index in [1.165, 1.54) is 0 Å². The molecule has 0 aromatic heterocycles. The zero-order chi connectivity index (χ0) is 12.6. The smallest absolute Gasteiger partial charge is 0.242 e. The molecule has 3 N–H and O–H groups in total. The van der Waals surface area contributed by atoms with Crippen LogP contribution >= 0.6 is 0 Å². The van der Waals surface area contributed by atoms with Crippen molar-refractivity contribution in [3.05, 3.63) is 11.9 Å². The third kappa shape index (κ3) is 4.66. The first-order valence-corrected chi connectivity index (χ1v) is 5.92. The molecule has 0 saturated carbocycles. The summed E-state index contributed by atoms with van der Waals surface area (Å²) in [4.78, 5) is 12.0. The van der Waals surface area contributed by atoms with Crippen LogP contribution in [0, 0.1) is 5.92 Å². The van der Waals surface area contributed by atoms with Crippen molar-refractivity contribution in [3.8, 4) is 0 Å². The van der Waals surface area contributed by atoms with Crippen LogP contribution in [0.4, 0.5) is 0 Å². The van der Waals surface area contributed by atoms with E-state index in [-0.39, 0.29) is 11.9 Å². The highest BCUT2D eigenvalue weighted by Gasteiger charge is 2.22. The van der Waals surface area contributed by atoms with E-state index in [1.54, 1.807) is 7.05 Å². The molecule has 0 bridgehead atoms. The number of nitrogens with one attached hydrogen (secondary N) is 3. The van der Waals surface area contributed by atoms with E-state index in [4.69, 9.17) is 0 Å². The molecule has 0 aromatic rings. The normalized spacial score (nSPS) is 15.4. The maximum atomic E-state index is 12.0. The monoisotopic (exact) mass is 227 g/mol. The Labute approximate surface area is 98.9 Å². The molecule has 0 aliphatic heterocycles. The van der Waals surface area contributed by atoms with E-state index >= 15 is 0 Å². The molecule has 0 radical (unpaired) electrons. The van der Waals surface area contributed by atoms with Gasteiger partial charge in [-0.05, 0) is 32.4 Å². The fourth-order valence-electron chi connectivity index (χ4n) is 1.79. The third-order valence-electron chi connectivity index (χ3n) is 2.72. The third-order valence-corrected chi connectivity index (χ3v) is 2.72. The van der Waals surface area contributed by atoms with E-state index < -0.39 is 0 Å². The van der Waals surface area contributed by atoms with Crippen molar-refractivity contribution in [2.45, 2.75) is 39.7 Å². The quantitative estimate of drug-likeness (QED) is 0.613. The molecule has 1 amide bonds. The lowest BCUT2D eigenvalue weighted by atomic mass is 9.96. The standard InChI is InChI=1S/C12H25N3O/c1-6-8-9(3)11(14-5)12(16)15-10(7-2)13-4/h7,9,11,13-14H,6,8H2,1-5H3,(H,15,16)/b10-7+. The second kappa shape index (κ2) is 8.16. The van der Waals surface area contributed by atoms with Gasteiger partial charge in [0.15, 0.2) is 0 Å². The Kier molecular flexibility index (Phi) is 7.64. The van der Waals surface area contributed by atoms with E-state index in [9.17, 15) is 4.79 Å². The number of hydrogen-bond acceptors (Lipinski definition) is 3. The average molecular weight is 227 g/mol. The van der Waals surface area contributed by atoms with Gasteiger partial charge in [-0.25, -0.2) is 0 Å². The molecule has 0 fully saturated rings. The van der Waals surface area contributed by atoms with E-state index in [2.05, 4.69) is 29.8 Å². The minimum Gasteiger partial charge on any atom is -0.375 e. The molecule has 0 rings (SSSR count). The van der Waals surface area contributed by atoms with Crippen molar-refractivity contribution >= 4 is 5.91 Å². The second-order valence-electron chi connectivity index (χ2n) is 3.97. The summed E-state index contributed by atoms with van der Waals surface area (Å²) in [6.45, 7) is 6.11. The van der Waals surface area contributed by atoms with Gasteiger partial charge < -0.3 is 16.0 Å². The number of carbonyl (C=O) groups is 1. The number of hydrogen-bond donors (Lipinski definition) is 3. The Morgan fingerprint density at radius 3 is 2.38 bits per heavy atom. The fourth-order valence-corrected chi connectivity index (χ4v) is 1.79. The van der Waals surface area contributed by atoms with Gasteiger partial charge in [0.05, 0.1) is 6.04 Å². The molecular weight excluding hydrogens is 202 g/mol. The number of rotatable bonds is 7. The Morgan fingerprint density at radius 1 is 1.38 bits per heavy atom. The summed E-state index contributed by atoms with van der Waals surface area (Å²) in [7, 11) is 3.62. The first-order chi connectivity index (χ1) is 7.60. The van der Waals surface area contributed by atoms with Gasteiger partial charge in [0, 0.05) is 7.05 Å². The van der Waals surface area contributed by atoms with Gasteiger partial charge in [0.1, 0.15) is 5.82 Å². The summed E-state index contributed by atoms with van der Waals surface area (Å²) in [5.74, 6) is 1.10. The highest BCUT2D eigenvalue weighted by atomic mass is 16.2. The van der Waals surface area contributed by atoms with Crippen molar-refractivity contribution in [2.24, 2.45) is 5.92 Å². The first kappa shape index (κ1) is 15.0. The summed E-state index contributed by atoms with van der Waals surface area (Å²) in [6, 6.07) is -0.136. The van der Waals surface area contributed by atoms with Gasteiger partial charge in [-0.3, -0.25) is 4.79 Å². The molecule has 0 aliphatic carbocycles. The lowest BCUT2D eigenvalue weighted by Crippen LogP contribution is -2.47. The molecule has 0 aromatic carbocycles.